The Balaban J connectivity index is 1.56. The van der Waals surface area contributed by atoms with Crippen molar-refractivity contribution >= 4 is 37.9 Å². The Hall–Kier alpha value is -2.75. The number of aromatic nitrogens is 1. The van der Waals surface area contributed by atoms with Gasteiger partial charge < -0.3 is 4.74 Å². The van der Waals surface area contributed by atoms with E-state index in [4.69, 9.17) is 4.74 Å². The summed E-state index contributed by atoms with van der Waals surface area (Å²) in [4.78, 5) is 15.8. The van der Waals surface area contributed by atoms with Gasteiger partial charge in [-0.1, -0.05) is 64.5 Å². The molecule has 0 saturated heterocycles. The van der Waals surface area contributed by atoms with Crippen molar-refractivity contribution in [3.63, 3.8) is 0 Å². The molecule has 29 heavy (non-hydrogen) atoms. The van der Waals surface area contributed by atoms with Gasteiger partial charge in [-0.25, -0.2) is 22.9 Å². The fourth-order valence-electron chi connectivity index (χ4n) is 2.37. The maximum atomic E-state index is 12.4. The SMILES string of the molecule is O=C(Nc1ccc(S(=O)(=O)NCc2ccccc2Br)cn1)OCc1ccccc1. The molecule has 150 valence electrons. The van der Waals surface area contributed by atoms with E-state index in [-0.39, 0.29) is 23.9 Å². The zero-order valence-corrected chi connectivity index (χ0v) is 17.6. The predicted octanol–water partition coefficient (Wildman–Crippen LogP) is 4.07. The largest absolute Gasteiger partial charge is 0.444 e. The summed E-state index contributed by atoms with van der Waals surface area (Å²) >= 11 is 3.38. The monoisotopic (exact) mass is 475 g/mol. The fourth-order valence-corrected chi connectivity index (χ4v) is 3.75. The van der Waals surface area contributed by atoms with Crippen molar-refractivity contribution in [2.24, 2.45) is 0 Å². The lowest BCUT2D eigenvalue weighted by molar-refractivity contribution is 0.155. The Bertz CT molecular complexity index is 1070. The standard InChI is InChI=1S/C20H18BrN3O4S/c21-18-9-5-4-8-16(18)12-23-29(26,27)17-10-11-19(22-13-17)24-20(25)28-14-15-6-2-1-3-7-15/h1-11,13,23H,12,14H2,(H,22,24,25). The lowest BCUT2D eigenvalue weighted by atomic mass is 10.2. The van der Waals surface area contributed by atoms with Crippen LogP contribution in [-0.2, 0) is 27.9 Å². The van der Waals surface area contributed by atoms with Gasteiger partial charge in [0, 0.05) is 17.2 Å². The van der Waals surface area contributed by atoms with Gasteiger partial charge in [0.15, 0.2) is 0 Å². The highest BCUT2D eigenvalue weighted by Crippen LogP contribution is 2.17. The molecule has 0 bridgehead atoms. The number of amides is 1. The van der Waals surface area contributed by atoms with E-state index in [1.54, 1.807) is 0 Å². The number of nitrogens with one attached hydrogen (secondary N) is 2. The van der Waals surface area contributed by atoms with E-state index in [2.05, 4.69) is 31.0 Å². The Morgan fingerprint density at radius 1 is 1.00 bits per heavy atom. The number of anilines is 1. The van der Waals surface area contributed by atoms with Crippen LogP contribution < -0.4 is 10.0 Å². The van der Waals surface area contributed by atoms with Gasteiger partial charge in [-0.15, -0.1) is 0 Å². The number of hydrogen-bond donors (Lipinski definition) is 2. The number of rotatable bonds is 7. The molecule has 2 aromatic carbocycles. The first-order chi connectivity index (χ1) is 13.9. The Morgan fingerprint density at radius 3 is 2.41 bits per heavy atom. The highest BCUT2D eigenvalue weighted by molar-refractivity contribution is 9.10. The fraction of sp³-hybridized carbons (Fsp3) is 0.100. The van der Waals surface area contributed by atoms with Crippen LogP contribution in [0.5, 0.6) is 0 Å². The molecule has 0 aliphatic rings. The van der Waals surface area contributed by atoms with Gasteiger partial charge >= 0.3 is 6.09 Å². The van der Waals surface area contributed by atoms with Crippen LogP contribution in [0.3, 0.4) is 0 Å². The third-order valence-corrected chi connectivity index (χ3v) is 6.06. The molecule has 1 aromatic heterocycles. The summed E-state index contributed by atoms with van der Waals surface area (Å²) in [6, 6.07) is 19.3. The molecule has 3 aromatic rings. The number of pyridine rings is 1. The lowest BCUT2D eigenvalue weighted by Gasteiger charge is -2.09. The molecule has 0 radical (unpaired) electrons. The van der Waals surface area contributed by atoms with E-state index >= 15 is 0 Å². The van der Waals surface area contributed by atoms with Gasteiger partial charge in [-0.05, 0) is 29.3 Å². The van der Waals surface area contributed by atoms with Crippen molar-refractivity contribution in [3.8, 4) is 0 Å². The van der Waals surface area contributed by atoms with Gasteiger partial charge in [0.05, 0.1) is 0 Å². The van der Waals surface area contributed by atoms with E-state index in [9.17, 15) is 13.2 Å². The molecule has 0 spiro atoms. The van der Waals surface area contributed by atoms with Crippen molar-refractivity contribution in [3.05, 3.63) is 88.5 Å². The summed E-state index contributed by atoms with van der Waals surface area (Å²) in [6.45, 7) is 0.258. The Morgan fingerprint density at radius 2 is 1.72 bits per heavy atom. The summed E-state index contributed by atoms with van der Waals surface area (Å²) in [5, 5.41) is 2.46. The van der Waals surface area contributed by atoms with Crippen molar-refractivity contribution in [1.29, 1.82) is 0 Å². The van der Waals surface area contributed by atoms with E-state index in [0.717, 1.165) is 15.6 Å². The molecule has 0 aliphatic carbocycles. The quantitative estimate of drug-likeness (QED) is 0.536. The van der Waals surface area contributed by atoms with E-state index in [0.29, 0.717) is 0 Å². The van der Waals surface area contributed by atoms with Gasteiger partial charge in [0.1, 0.15) is 17.3 Å². The molecule has 1 amide bonds. The van der Waals surface area contributed by atoms with Crippen LogP contribution in [0.15, 0.2) is 82.3 Å². The number of hydrogen-bond acceptors (Lipinski definition) is 5. The number of halogens is 1. The van der Waals surface area contributed by atoms with Crippen LogP contribution in [0.2, 0.25) is 0 Å². The molecular weight excluding hydrogens is 458 g/mol. The number of carbonyl (C=O) groups excluding carboxylic acids is 1. The van der Waals surface area contributed by atoms with Crippen molar-refractivity contribution in [2.75, 3.05) is 5.32 Å². The molecule has 9 heteroatoms. The maximum Gasteiger partial charge on any atom is 0.413 e. The van der Waals surface area contributed by atoms with E-state index in [1.807, 2.05) is 54.6 Å². The molecule has 0 unspecified atom stereocenters. The zero-order valence-electron chi connectivity index (χ0n) is 15.2. The first kappa shape index (κ1) is 21.0. The molecule has 3 rings (SSSR count). The molecule has 0 fully saturated rings. The van der Waals surface area contributed by atoms with Gasteiger partial charge in [0.25, 0.3) is 0 Å². The van der Waals surface area contributed by atoms with E-state index in [1.165, 1.54) is 18.3 Å². The second-order valence-corrected chi connectivity index (χ2v) is 8.60. The summed E-state index contributed by atoms with van der Waals surface area (Å²) < 4.78 is 33.3. The van der Waals surface area contributed by atoms with Crippen LogP contribution in [0.1, 0.15) is 11.1 Å². The molecule has 7 nitrogen and oxygen atoms in total. The number of ether oxygens (including phenoxy) is 1. The molecule has 0 saturated carbocycles. The zero-order chi connectivity index (χ0) is 20.7. The summed E-state index contributed by atoms with van der Waals surface area (Å²) in [7, 11) is -3.74. The highest BCUT2D eigenvalue weighted by Gasteiger charge is 2.15. The first-order valence-corrected chi connectivity index (χ1v) is 10.9. The third-order valence-electron chi connectivity index (χ3n) is 3.90. The minimum absolute atomic E-state index is 0.00671. The van der Waals surface area contributed by atoms with E-state index < -0.39 is 16.1 Å². The average Bonchev–Trinajstić information content (AvgIpc) is 2.73. The minimum atomic E-state index is -3.74. The van der Waals surface area contributed by atoms with Crippen LogP contribution in [0, 0.1) is 0 Å². The van der Waals surface area contributed by atoms with Crippen LogP contribution in [0.4, 0.5) is 10.6 Å². The van der Waals surface area contributed by atoms with Gasteiger partial charge in [-0.3, -0.25) is 5.32 Å². The molecular formula is C20H18BrN3O4S. The summed E-state index contributed by atoms with van der Waals surface area (Å²) in [5.41, 5.74) is 1.66. The molecule has 0 aliphatic heterocycles. The number of nitrogens with zero attached hydrogens (tertiary/aromatic N) is 1. The normalized spacial score (nSPS) is 11.1. The molecule has 2 N–H and O–H groups in total. The lowest BCUT2D eigenvalue weighted by Crippen LogP contribution is -2.23. The average molecular weight is 476 g/mol. The van der Waals surface area contributed by atoms with Crippen LogP contribution in [-0.4, -0.2) is 19.5 Å². The number of carbonyl (C=O) groups is 1. The third kappa shape index (κ3) is 6.11. The number of benzene rings is 2. The number of sulfonamides is 1. The van der Waals surface area contributed by atoms with Gasteiger partial charge in [-0.2, -0.15) is 0 Å². The van der Waals surface area contributed by atoms with Crippen molar-refractivity contribution in [2.45, 2.75) is 18.0 Å². The van der Waals surface area contributed by atoms with Crippen molar-refractivity contribution < 1.29 is 17.9 Å². The first-order valence-electron chi connectivity index (χ1n) is 8.61. The maximum absolute atomic E-state index is 12.4. The Labute approximate surface area is 177 Å². The molecule has 0 atom stereocenters. The predicted molar refractivity (Wildman–Crippen MR) is 113 cm³/mol. The summed E-state index contributed by atoms with van der Waals surface area (Å²) in [5.74, 6) is 0.188. The highest BCUT2D eigenvalue weighted by atomic mass is 79.9. The van der Waals surface area contributed by atoms with Gasteiger partial charge in [0.2, 0.25) is 10.0 Å². The smallest absolute Gasteiger partial charge is 0.413 e. The van der Waals surface area contributed by atoms with Crippen LogP contribution >= 0.6 is 15.9 Å². The summed E-state index contributed by atoms with van der Waals surface area (Å²) in [6.07, 6.45) is 0.499. The topological polar surface area (TPSA) is 97.4 Å². The Kier molecular flexibility index (Phi) is 6.97. The second-order valence-electron chi connectivity index (χ2n) is 5.98. The second kappa shape index (κ2) is 9.64. The molecule has 1 heterocycles. The van der Waals surface area contributed by atoms with Crippen LogP contribution in [0.25, 0.3) is 0 Å². The minimum Gasteiger partial charge on any atom is -0.444 e. The van der Waals surface area contributed by atoms with Crippen molar-refractivity contribution in [1.82, 2.24) is 9.71 Å².